The van der Waals surface area contributed by atoms with Gasteiger partial charge in [0.05, 0.1) is 6.04 Å². The maximum atomic E-state index is 12.4. The molecular formula is C16H18N2O3S. The lowest BCUT2D eigenvalue weighted by atomic mass is 10.1. The van der Waals surface area contributed by atoms with Gasteiger partial charge in [-0.05, 0) is 31.5 Å². The highest BCUT2D eigenvalue weighted by atomic mass is 32.2. The van der Waals surface area contributed by atoms with Gasteiger partial charge in [0.2, 0.25) is 15.7 Å². The molecule has 116 valence electrons. The van der Waals surface area contributed by atoms with Crippen LogP contribution in [0.4, 0.5) is 0 Å². The van der Waals surface area contributed by atoms with E-state index in [0.717, 1.165) is 5.56 Å². The van der Waals surface area contributed by atoms with Crippen LogP contribution in [0.25, 0.3) is 0 Å². The summed E-state index contributed by atoms with van der Waals surface area (Å²) < 4.78 is 24.7. The topological polar surface area (TPSA) is 76.1 Å². The highest BCUT2D eigenvalue weighted by Gasteiger charge is 2.31. The first-order valence-electron chi connectivity index (χ1n) is 6.93. The summed E-state index contributed by atoms with van der Waals surface area (Å²) in [6.07, 6.45) is 1.39. The number of nitrogens with one attached hydrogen (secondary N) is 1. The fourth-order valence-electron chi connectivity index (χ4n) is 1.99. The molecule has 1 amide bonds. The van der Waals surface area contributed by atoms with Crippen molar-refractivity contribution in [3.8, 4) is 0 Å². The largest absolute Gasteiger partial charge is 0.348 e. The normalized spacial score (nSPS) is 14.1. The number of rotatable bonds is 5. The number of amides is 1. The van der Waals surface area contributed by atoms with Gasteiger partial charge in [0.1, 0.15) is 5.25 Å². The lowest BCUT2D eigenvalue weighted by Gasteiger charge is -2.18. The van der Waals surface area contributed by atoms with Crippen molar-refractivity contribution in [3.63, 3.8) is 0 Å². The fraction of sp³-hybridized carbons (Fsp3) is 0.250. The van der Waals surface area contributed by atoms with E-state index in [1.807, 2.05) is 37.3 Å². The number of benzene rings is 1. The standard InChI is InChI=1S/C16H18N2O3S/c1-12(14-8-4-3-5-9-14)18-16(19)13(2)22(20,21)15-10-6-7-11-17-15/h3-13H,1-2H3,(H,18,19). The Morgan fingerprint density at radius 1 is 1.05 bits per heavy atom. The highest BCUT2D eigenvalue weighted by Crippen LogP contribution is 2.16. The SMILES string of the molecule is CC(NC(=O)C(C)S(=O)(=O)c1ccccn1)c1ccccc1. The van der Waals surface area contributed by atoms with E-state index < -0.39 is 21.0 Å². The first-order chi connectivity index (χ1) is 10.4. The molecule has 2 aromatic rings. The molecule has 1 aromatic carbocycles. The zero-order valence-corrected chi connectivity index (χ0v) is 13.2. The summed E-state index contributed by atoms with van der Waals surface area (Å²) in [6, 6.07) is 13.7. The molecule has 0 aliphatic carbocycles. The van der Waals surface area contributed by atoms with Crippen LogP contribution in [0, 0.1) is 0 Å². The van der Waals surface area contributed by atoms with Crippen molar-refractivity contribution in [2.24, 2.45) is 0 Å². The Balaban J connectivity index is 2.13. The number of pyridine rings is 1. The van der Waals surface area contributed by atoms with E-state index in [4.69, 9.17) is 0 Å². The van der Waals surface area contributed by atoms with Crippen molar-refractivity contribution in [1.29, 1.82) is 0 Å². The van der Waals surface area contributed by atoms with Crippen LogP contribution in [0.15, 0.2) is 59.8 Å². The first-order valence-corrected chi connectivity index (χ1v) is 8.48. The molecule has 1 heterocycles. The fourth-order valence-corrected chi connectivity index (χ4v) is 3.18. The Kier molecular flexibility index (Phi) is 4.92. The van der Waals surface area contributed by atoms with E-state index in [1.165, 1.54) is 19.2 Å². The van der Waals surface area contributed by atoms with E-state index in [1.54, 1.807) is 12.1 Å². The molecule has 22 heavy (non-hydrogen) atoms. The molecule has 5 nitrogen and oxygen atoms in total. The molecule has 2 rings (SSSR count). The van der Waals surface area contributed by atoms with Crippen LogP contribution in [0.3, 0.4) is 0 Å². The molecule has 6 heteroatoms. The second-order valence-corrected chi connectivity index (χ2v) is 7.21. The zero-order chi connectivity index (χ0) is 16.2. The first kappa shape index (κ1) is 16.2. The van der Waals surface area contributed by atoms with E-state index in [-0.39, 0.29) is 11.1 Å². The molecule has 1 N–H and O–H groups in total. The van der Waals surface area contributed by atoms with Crippen molar-refractivity contribution in [3.05, 3.63) is 60.3 Å². The molecule has 0 fully saturated rings. The number of aromatic nitrogens is 1. The monoisotopic (exact) mass is 318 g/mol. The molecule has 0 bridgehead atoms. The van der Waals surface area contributed by atoms with Gasteiger partial charge in [0.15, 0.2) is 5.03 Å². The molecule has 0 aliphatic heterocycles. The minimum atomic E-state index is -3.79. The number of nitrogens with zero attached hydrogens (tertiary/aromatic N) is 1. The third-order valence-corrected chi connectivity index (χ3v) is 5.39. The van der Waals surface area contributed by atoms with E-state index in [9.17, 15) is 13.2 Å². The van der Waals surface area contributed by atoms with Crippen LogP contribution >= 0.6 is 0 Å². The molecule has 1 aromatic heterocycles. The van der Waals surface area contributed by atoms with Crippen LogP contribution in [0.5, 0.6) is 0 Å². The molecule has 0 saturated carbocycles. The Hall–Kier alpha value is -2.21. The zero-order valence-electron chi connectivity index (χ0n) is 12.4. The van der Waals surface area contributed by atoms with Crippen molar-refractivity contribution in [1.82, 2.24) is 10.3 Å². The summed E-state index contributed by atoms with van der Waals surface area (Å²) in [4.78, 5) is 16.1. The van der Waals surface area contributed by atoms with Gasteiger partial charge >= 0.3 is 0 Å². The van der Waals surface area contributed by atoms with Crippen molar-refractivity contribution in [2.75, 3.05) is 0 Å². The molecule has 0 radical (unpaired) electrons. The Morgan fingerprint density at radius 2 is 1.68 bits per heavy atom. The Labute approximate surface area is 130 Å². The molecule has 0 aliphatic rings. The van der Waals surface area contributed by atoms with Gasteiger partial charge in [-0.3, -0.25) is 4.79 Å². The Morgan fingerprint density at radius 3 is 2.27 bits per heavy atom. The van der Waals surface area contributed by atoms with E-state index in [0.29, 0.717) is 0 Å². The van der Waals surface area contributed by atoms with Gasteiger partial charge in [-0.2, -0.15) is 0 Å². The van der Waals surface area contributed by atoms with Gasteiger partial charge in [-0.1, -0.05) is 36.4 Å². The van der Waals surface area contributed by atoms with Crippen LogP contribution in [0.2, 0.25) is 0 Å². The lowest BCUT2D eigenvalue weighted by Crippen LogP contribution is -2.39. The third-order valence-electron chi connectivity index (χ3n) is 3.42. The molecular weight excluding hydrogens is 300 g/mol. The van der Waals surface area contributed by atoms with Gasteiger partial charge in [0.25, 0.3) is 0 Å². The average molecular weight is 318 g/mol. The molecule has 2 unspecified atom stereocenters. The quantitative estimate of drug-likeness (QED) is 0.916. The summed E-state index contributed by atoms with van der Waals surface area (Å²) >= 11 is 0. The second-order valence-electron chi connectivity index (χ2n) is 5.00. The van der Waals surface area contributed by atoms with E-state index >= 15 is 0 Å². The number of sulfone groups is 1. The van der Waals surface area contributed by atoms with Gasteiger partial charge in [-0.25, -0.2) is 13.4 Å². The van der Waals surface area contributed by atoms with Crippen LogP contribution in [-0.2, 0) is 14.6 Å². The summed E-state index contributed by atoms with van der Waals surface area (Å²) in [5.41, 5.74) is 0.915. The summed E-state index contributed by atoms with van der Waals surface area (Å²) in [7, 11) is -3.79. The summed E-state index contributed by atoms with van der Waals surface area (Å²) in [5, 5.41) is 1.43. The van der Waals surface area contributed by atoms with E-state index in [2.05, 4.69) is 10.3 Å². The molecule has 0 spiro atoms. The predicted molar refractivity (Wildman–Crippen MR) is 83.9 cm³/mol. The third kappa shape index (κ3) is 3.51. The maximum absolute atomic E-state index is 12.4. The number of hydrogen-bond donors (Lipinski definition) is 1. The Bertz CT molecular complexity index is 731. The highest BCUT2D eigenvalue weighted by molar-refractivity contribution is 7.92. The average Bonchev–Trinajstić information content (AvgIpc) is 2.55. The van der Waals surface area contributed by atoms with Gasteiger partial charge in [-0.15, -0.1) is 0 Å². The summed E-state index contributed by atoms with van der Waals surface area (Å²) in [5.74, 6) is -0.540. The van der Waals surface area contributed by atoms with Crippen molar-refractivity contribution in [2.45, 2.75) is 30.2 Å². The van der Waals surface area contributed by atoms with Gasteiger partial charge in [0, 0.05) is 6.20 Å². The smallest absolute Gasteiger partial charge is 0.238 e. The molecule has 0 saturated heterocycles. The van der Waals surface area contributed by atoms with Crippen LogP contribution < -0.4 is 5.32 Å². The summed E-state index contributed by atoms with van der Waals surface area (Å²) in [6.45, 7) is 3.18. The van der Waals surface area contributed by atoms with Crippen LogP contribution in [0.1, 0.15) is 25.5 Å². The lowest BCUT2D eigenvalue weighted by molar-refractivity contribution is -0.121. The number of hydrogen-bond acceptors (Lipinski definition) is 4. The maximum Gasteiger partial charge on any atom is 0.238 e. The minimum absolute atomic E-state index is 0.0926. The van der Waals surface area contributed by atoms with Crippen molar-refractivity contribution >= 4 is 15.7 Å². The number of carbonyl (C=O) groups excluding carboxylic acids is 1. The number of carbonyl (C=O) groups is 1. The van der Waals surface area contributed by atoms with Gasteiger partial charge < -0.3 is 5.32 Å². The van der Waals surface area contributed by atoms with Crippen LogP contribution in [-0.4, -0.2) is 24.6 Å². The predicted octanol–water partition coefficient (Wildman–Crippen LogP) is 2.12. The molecule has 2 atom stereocenters. The second kappa shape index (κ2) is 6.70. The minimum Gasteiger partial charge on any atom is -0.348 e. The van der Waals surface area contributed by atoms with Crippen molar-refractivity contribution < 1.29 is 13.2 Å².